The minimum atomic E-state index is -0.228. The van der Waals surface area contributed by atoms with E-state index in [0.717, 1.165) is 32.2 Å². The SMILES string of the molecule is Cc1nn(C)c(NNC(=O)C2CCCN(C(=O)C3CC3)C2)c1C#N. The van der Waals surface area contributed by atoms with Crippen LogP contribution in [0.15, 0.2) is 0 Å². The first-order chi connectivity index (χ1) is 11.5. The Kier molecular flexibility index (Phi) is 4.42. The number of likely N-dealkylation sites (tertiary alicyclic amines) is 1. The summed E-state index contributed by atoms with van der Waals surface area (Å²) in [6.07, 6.45) is 3.55. The first-order valence-corrected chi connectivity index (χ1v) is 8.29. The monoisotopic (exact) mass is 330 g/mol. The van der Waals surface area contributed by atoms with Crippen molar-refractivity contribution in [2.75, 3.05) is 18.5 Å². The number of piperidine rings is 1. The molecule has 1 saturated heterocycles. The molecular weight excluding hydrogens is 308 g/mol. The third kappa shape index (κ3) is 3.20. The number of carbonyl (C=O) groups excluding carboxylic acids is 2. The van der Waals surface area contributed by atoms with Crippen molar-refractivity contribution in [3.05, 3.63) is 11.3 Å². The Labute approximate surface area is 140 Å². The highest BCUT2D eigenvalue weighted by atomic mass is 16.2. The zero-order valence-corrected chi connectivity index (χ0v) is 14.0. The molecule has 1 aliphatic carbocycles. The van der Waals surface area contributed by atoms with E-state index >= 15 is 0 Å². The summed E-state index contributed by atoms with van der Waals surface area (Å²) in [5, 5.41) is 13.3. The van der Waals surface area contributed by atoms with Gasteiger partial charge in [0, 0.05) is 26.1 Å². The van der Waals surface area contributed by atoms with Gasteiger partial charge in [0.25, 0.3) is 0 Å². The van der Waals surface area contributed by atoms with Crippen molar-refractivity contribution in [3.63, 3.8) is 0 Å². The van der Waals surface area contributed by atoms with Gasteiger partial charge in [0.2, 0.25) is 11.8 Å². The van der Waals surface area contributed by atoms with Gasteiger partial charge in [0.15, 0.2) is 5.82 Å². The van der Waals surface area contributed by atoms with Crippen molar-refractivity contribution >= 4 is 17.6 Å². The van der Waals surface area contributed by atoms with E-state index in [-0.39, 0.29) is 23.7 Å². The fourth-order valence-electron chi connectivity index (χ4n) is 3.14. The first-order valence-electron chi connectivity index (χ1n) is 8.29. The minimum Gasteiger partial charge on any atom is -0.342 e. The molecule has 128 valence electrons. The molecule has 0 aromatic carbocycles. The highest BCUT2D eigenvalue weighted by molar-refractivity contribution is 5.84. The third-order valence-electron chi connectivity index (χ3n) is 4.67. The number of anilines is 1. The van der Waals surface area contributed by atoms with Crippen LogP contribution in [0.5, 0.6) is 0 Å². The van der Waals surface area contributed by atoms with Crippen LogP contribution in [0.3, 0.4) is 0 Å². The van der Waals surface area contributed by atoms with Gasteiger partial charge in [-0.05, 0) is 32.6 Å². The summed E-state index contributed by atoms with van der Waals surface area (Å²) in [6.45, 7) is 2.96. The van der Waals surface area contributed by atoms with Crippen LogP contribution in [0.4, 0.5) is 5.82 Å². The van der Waals surface area contributed by atoms with Crippen molar-refractivity contribution in [2.24, 2.45) is 18.9 Å². The van der Waals surface area contributed by atoms with Gasteiger partial charge in [0.1, 0.15) is 11.6 Å². The van der Waals surface area contributed by atoms with Crippen molar-refractivity contribution in [1.29, 1.82) is 5.26 Å². The number of hydrazine groups is 1. The van der Waals surface area contributed by atoms with Gasteiger partial charge < -0.3 is 4.90 Å². The number of hydrogen-bond acceptors (Lipinski definition) is 5. The fraction of sp³-hybridized carbons (Fsp3) is 0.625. The van der Waals surface area contributed by atoms with Crippen molar-refractivity contribution in [2.45, 2.75) is 32.6 Å². The summed E-state index contributed by atoms with van der Waals surface area (Å²) in [4.78, 5) is 26.4. The molecule has 1 atom stereocenters. The van der Waals surface area contributed by atoms with Gasteiger partial charge in [-0.1, -0.05) is 0 Å². The molecular formula is C16H22N6O2. The lowest BCUT2D eigenvalue weighted by Gasteiger charge is -2.32. The number of aryl methyl sites for hydroxylation is 2. The lowest BCUT2D eigenvalue weighted by molar-refractivity contribution is -0.136. The van der Waals surface area contributed by atoms with Crippen LogP contribution in [-0.4, -0.2) is 39.6 Å². The van der Waals surface area contributed by atoms with Gasteiger partial charge >= 0.3 is 0 Å². The van der Waals surface area contributed by atoms with E-state index in [0.29, 0.717) is 23.6 Å². The van der Waals surface area contributed by atoms with Crippen LogP contribution in [0, 0.1) is 30.1 Å². The van der Waals surface area contributed by atoms with Gasteiger partial charge in [-0.3, -0.25) is 25.1 Å². The topological polar surface area (TPSA) is 103 Å². The zero-order valence-electron chi connectivity index (χ0n) is 14.0. The molecule has 1 saturated carbocycles. The summed E-state index contributed by atoms with van der Waals surface area (Å²) >= 11 is 0. The Bertz CT molecular complexity index is 700. The summed E-state index contributed by atoms with van der Waals surface area (Å²) in [6, 6.07) is 2.08. The Morgan fingerprint density at radius 1 is 1.29 bits per heavy atom. The number of aromatic nitrogens is 2. The van der Waals surface area contributed by atoms with E-state index in [4.69, 9.17) is 0 Å². The van der Waals surface area contributed by atoms with Crippen LogP contribution in [0.2, 0.25) is 0 Å². The van der Waals surface area contributed by atoms with E-state index < -0.39 is 0 Å². The Hall–Kier alpha value is -2.56. The maximum atomic E-state index is 12.4. The number of amides is 2. The number of carbonyl (C=O) groups is 2. The number of rotatable bonds is 4. The van der Waals surface area contributed by atoms with E-state index in [1.54, 1.807) is 14.0 Å². The quantitative estimate of drug-likeness (QED) is 0.791. The van der Waals surface area contributed by atoms with E-state index in [1.165, 1.54) is 4.68 Å². The average Bonchev–Trinajstić information content (AvgIpc) is 3.38. The number of hydrogen-bond donors (Lipinski definition) is 2. The van der Waals surface area contributed by atoms with E-state index in [1.807, 2.05) is 4.90 Å². The normalized spacial score (nSPS) is 20.4. The number of nitrogens with one attached hydrogen (secondary N) is 2. The standard InChI is InChI=1S/C16H22N6O2/c1-10-13(8-17)14(21(2)20-10)18-19-15(23)12-4-3-7-22(9-12)16(24)11-5-6-11/h11-12,18H,3-7,9H2,1-2H3,(H,19,23). The van der Waals surface area contributed by atoms with Crippen LogP contribution in [-0.2, 0) is 16.6 Å². The Morgan fingerprint density at radius 3 is 2.71 bits per heavy atom. The van der Waals surface area contributed by atoms with Crippen LogP contribution < -0.4 is 10.9 Å². The van der Waals surface area contributed by atoms with Gasteiger partial charge in [-0.25, -0.2) is 0 Å². The van der Waals surface area contributed by atoms with Crippen LogP contribution in [0.25, 0.3) is 0 Å². The van der Waals surface area contributed by atoms with Crippen molar-refractivity contribution in [1.82, 2.24) is 20.1 Å². The van der Waals surface area contributed by atoms with Crippen molar-refractivity contribution < 1.29 is 9.59 Å². The highest BCUT2D eigenvalue weighted by Gasteiger charge is 2.36. The smallest absolute Gasteiger partial charge is 0.243 e. The molecule has 0 spiro atoms. The molecule has 1 unspecified atom stereocenters. The maximum Gasteiger partial charge on any atom is 0.243 e. The average molecular weight is 330 g/mol. The molecule has 24 heavy (non-hydrogen) atoms. The molecule has 2 aliphatic rings. The molecule has 1 aromatic heterocycles. The van der Waals surface area contributed by atoms with Crippen molar-refractivity contribution in [3.8, 4) is 6.07 Å². The van der Waals surface area contributed by atoms with E-state index in [2.05, 4.69) is 22.0 Å². The molecule has 1 aliphatic heterocycles. The van der Waals surface area contributed by atoms with Gasteiger partial charge in [-0.15, -0.1) is 0 Å². The Morgan fingerprint density at radius 2 is 2.04 bits per heavy atom. The molecule has 2 heterocycles. The molecule has 8 nitrogen and oxygen atoms in total. The first kappa shape index (κ1) is 16.3. The third-order valence-corrected chi connectivity index (χ3v) is 4.67. The predicted molar refractivity (Wildman–Crippen MR) is 86.5 cm³/mol. The summed E-state index contributed by atoms with van der Waals surface area (Å²) in [7, 11) is 1.71. The largest absolute Gasteiger partial charge is 0.342 e. The Balaban J connectivity index is 1.59. The number of nitriles is 1. The highest BCUT2D eigenvalue weighted by Crippen LogP contribution is 2.32. The molecule has 2 N–H and O–H groups in total. The maximum absolute atomic E-state index is 12.4. The minimum absolute atomic E-state index is 0.161. The lowest BCUT2D eigenvalue weighted by atomic mass is 9.97. The molecule has 0 bridgehead atoms. The zero-order chi connectivity index (χ0) is 17.3. The van der Waals surface area contributed by atoms with Gasteiger partial charge in [-0.2, -0.15) is 10.4 Å². The lowest BCUT2D eigenvalue weighted by Crippen LogP contribution is -2.47. The second-order valence-electron chi connectivity index (χ2n) is 6.56. The molecule has 2 fully saturated rings. The number of nitrogens with zero attached hydrogens (tertiary/aromatic N) is 4. The molecule has 3 rings (SSSR count). The van der Waals surface area contributed by atoms with Gasteiger partial charge in [0.05, 0.1) is 11.6 Å². The van der Waals surface area contributed by atoms with Crippen LogP contribution >= 0.6 is 0 Å². The fourth-order valence-corrected chi connectivity index (χ4v) is 3.14. The van der Waals surface area contributed by atoms with E-state index in [9.17, 15) is 14.9 Å². The molecule has 0 radical (unpaired) electrons. The van der Waals surface area contributed by atoms with Crippen LogP contribution in [0.1, 0.15) is 36.9 Å². The second-order valence-corrected chi connectivity index (χ2v) is 6.56. The summed E-state index contributed by atoms with van der Waals surface area (Å²) in [5.74, 6) is 0.444. The summed E-state index contributed by atoms with van der Waals surface area (Å²) < 4.78 is 1.53. The summed E-state index contributed by atoms with van der Waals surface area (Å²) in [5.41, 5.74) is 6.48. The molecule has 8 heteroatoms. The predicted octanol–water partition coefficient (Wildman–Crippen LogP) is 0.692. The second kappa shape index (κ2) is 6.51. The molecule has 1 aromatic rings. The molecule has 2 amide bonds.